The Morgan fingerprint density at radius 2 is 1.83 bits per heavy atom. The van der Waals surface area contributed by atoms with E-state index in [2.05, 4.69) is 0 Å². The number of esters is 1. The summed E-state index contributed by atoms with van der Waals surface area (Å²) in [5, 5.41) is 0. The number of carbonyl (C=O) groups excluding carboxylic acids is 2. The molecule has 1 aliphatic heterocycles. The van der Waals surface area contributed by atoms with Crippen LogP contribution in [0.1, 0.15) is 12.5 Å². The Labute approximate surface area is 141 Å². The number of rotatable bonds is 6. The molecule has 0 atom stereocenters. The molecule has 1 heterocycles. The Morgan fingerprint density at radius 3 is 2.38 bits per heavy atom. The molecule has 0 unspecified atom stereocenters. The van der Waals surface area contributed by atoms with E-state index in [-0.39, 0.29) is 11.5 Å². The van der Waals surface area contributed by atoms with E-state index in [4.69, 9.17) is 14.2 Å². The summed E-state index contributed by atoms with van der Waals surface area (Å²) >= 11 is 0. The van der Waals surface area contributed by atoms with Crippen LogP contribution in [0.15, 0.2) is 41.1 Å². The van der Waals surface area contributed by atoms with Crippen LogP contribution >= 0.6 is 0 Å². The third kappa shape index (κ3) is 3.49. The van der Waals surface area contributed by atoms with E-state index in [1.807, 2.05) is 12.1 Å². The number of benzene rings is 1. The molecule has 1 aliphatic rings. The second-order valence-corrected chi connectivity index (χ2v) is 5.23. The van der Waals surface area contributed by atoms with Crippen LogP contribution in [0.4, 0.5) is 0 Å². The average molecular weight is 331 g/mol. The molecule has 1 aromatic carbocycles. The van der Waals surface area contributed by atoms with E-state index in [0.717, 1.165) is 11.3 Å². The highest BCUT2D eigenvalue weighted by Gasteiger charge is 2.36. The summed E-state index contributed by atoms with van der Waals surface area (Å²) in [5.74, 6) is -0.0437. The van der Waals surface area contributed by atoms with Crippen molar-refractivity contribution in [2.75, 3.05) is 34.5 Å². The maximum absolute atomic E-state index is 12.7. The zero-order valence-electron chi connectivity index (χ0n) is 14.3. The first-order valence-corrected chi connectivity index (χ1v) is 7.49. The molecule has 0 saturated carbocycles. The molecular weight excluding hydrogens is 310 g/mol. The van der Waals surface area contributed by atoms with Crippen LogP contribution in [0.25, 0.3) is 6.08 Å². The fraction of sp³-hybridized carbons (Fsp3) is 0.333. The molecule has 0 saturated heterocycles. The fourth-order valence-corrected chi connectivity index (χ4v) is 2.55. The molecule has 1 aromatic rings. The lowest BCUT2D eigenvalue weighted by Crippen LogP contribution is -2.28. The summed E-state index contributed by atoms with van der Waals surface area (Å²) in [7, 11) is 4.45. The molecular formula is C18H21NO5. The third-order valence-corrected chi connectivity index (χ3v) is 3.85. The van der Waals surface area contributed by atoms with Crippen molar-refractivity contribution in [3.8, 4) is 5.75 Å². The zero-order chi connectivity index (χ0) is 17.7. The van der Waals surface area contributed by atoms with Crippen molar-refractivity contribution in [3.63, 3.8) is 0 Å². The van der Waals surface area contributed by atoms with E-state index in [1.165, 1.54) is 12.0 Å². The number of ether oxygens (including phenoxy) is 3. The van der Waals surface area contributed by atoms with Gasteiger partial charge in [-0.2, -0.15) is 0 Å². The molecule has 0 spiro atoms. The van der Waals surface area contributed by atoms with Crippen LogP contribution < -0.4 is 4.74 Å². The fourth-order valence-electron chi connectivity index (χ4n) is 2.55. The Bertz CT molecular complexity index is 688. The van der Waals surface area contributed by atoms with Gasteiger partial charge in [-0.25, -0.2) is 4.79 Å². The van der Waals surface area contributed by atoms with Gasteiger partial charge in [-0.15, -0.1) is 0 Å². The Hall–Kier alpha value is -2.60. The van der Waals surface area contributed by atoms with E-state index in [9.17, 15) is 9.59 Å². The predicted octanol–water partition coefficient (Wildman–Crippen LogP) is 2.01. The van der Waals surface area contributed by atoms with Crippen molar-refractivity contribution in [2.45, 2.75) is 6.92 Å². The van der Waals surface area contributed by atoms with Gasteiger partial charge in [0.2, 0.25) is 0 Å². The van der Waals surface area contributed by atoms with Gasteiger partial charge in [-0.3, -0.25) is 4.79 Å². The first kappa shape index (κ1) is 17.7. The maximum atomic E-state index is 12.7. The summed E-state index contributed by atoms with van der Waals surface area (Å²) in [4.78, 5) is 26.4. The lowest BCUT2D eigenvalue weighted by molar-refractivity contribution is -0.136. The minimum absolute atomic E-state index is 0.235. The molecule has 0 N–H and O–H groups in total. The Balaban J connectivity index is 2.43. The van der Waals surface area contributed by atoms with Crippen LogP contribution in [0, 0.1) is 0 Å². The standard InChI is InChI=1S/C18H21NO5/c1-12-16(18(21)24-4)15(17(20)19(12)9-10-22-2)11-13-5-7-14(23-3)8-6-13/h5-8,11H,9-10H2,1-4H3. The van der Waals surface area contributed by atoms with Gasteiger partial charge in [0, 0.05) is 19.4 Å². The lowest BCUT2D eigenvalue weighted by atomic mass is 10.0. The number of hydrogen-bond acceptors (Lipinski definition) is 5. The van der Waals surface area contributed by atoms with Gasteiger partial charge in [0.15, 0.2) is 0 Å². The van der Waals surface area contributed by atoms with Crippen LogP contribution in [0.5, 0.6) is 5.75 Å². The predicted molar refractivity (Wildman–Crippen MR) is 89.3 cm³/mol. The molecule has 0 aromatic heterocycles. The van der Waals surface area contributed by atoms with Crippen LogP contribution in [-0.2, 0) is 19.1 Å². The van der Waals surface area contributed by atoms with E-state index in [0.29, 0.717) is 24.4 Å². The highest BCUT2D eigenvalue weighted by molar-refractivity contribution is 6.16. The molecule has 0 aliphatic carbocycles. The van der Waals surface area contributed by atoms with Gasteiger partial charge >= 0.3 is 5.97 Å². The molecule has 1 amide bonds. The average Bonchev–Trinajstić information content (AvgIpc) is 2.83. The lowest BCUT2D eigenvalue weighted by Gasteiger charge is -2.16. The first-order chi connectivity index (χ1) is 11.5. The molecule has 0 bridgehead atoms. The number of carbonyl (C=O) groups is 2. The van der Waals surface area contributed by atoms with Gasteiger partial charge in [-0.05, 0) is 30.7 Å². The molecule has 128 valence electrons. The van der Waals surface area contributed by atoms with E-state index in [1.54, 1.807) is 39.4 Å². The second-order valence-electron chi connectivity index (χ2n) is 5.23. The van der Waals surface area contributed by atoms with Crippen molar-refractivity contribution in [2.24, 2.45) is 0 Å². The number of amides is 1. The van der Waals surface area contributed by atoms with Crippen molar-refractivity contribution >= 4 is 18.0 Å². The molecule has 0 radical (unpaired) electrons. The molecule has 0 fully saturated rings. The Morgan fingerprint density at radius 1 is 1.17 bits per heavy atom. The van der Waals surface area contributed by atoms with Crippen molar-refractivity contribution in [1.29, 1.82) is 0 Å². The number of nitrogens with zero attached hydrogens (tertiary/aromatic N) is 1. The van der Waals surface area contributed by atoms with Gasteiger partial charge in [0.1, 0.15) is 5.75 Å². The number of allylic oxidation sites excluding steroid dienone is 1. The quantitative estimate of drug-likeness (QED) is 0.589. The first-order valence-electron chi connectivity index (χ1n) is 7.49. The molecule has 6 heteroatoms. The van der Waals surface area contributed by atoms with E-state index < -0.39 is 5.97 Å². The topological polar surface area (TPSA) is 65.1 Å². The summed E-state index contributed by atoms with van der Waals surface area (Å²) in [6, 6.07) is 7.23. The third-order valence-electron chi connectivity index (χ3n) is 3.85. The minimum atomic E-state index is -0.527. The normalized spacial score (nSPS) is 16.1. The highest BCUT2D eigenvalue weighted by Crippen LogP contribution is 2.31. The summed E-state index contributed by atoms with van der Waals surface area (Å²) in [6.07, 6.45) is 1.68. The van der Waals surface area contributed by atoms with E-state index >= 15 is 0 Å². The van der Waals surface area contributed by atoms with Gasteiger partial charge in [0.25, 0.3) is 5.91 Å². The van der Waals surface area contributed by atoms with Gasteiger partial charge in [0.05, 0.1) is 32.0 Å². The second kappa shape index (κ2) is 7.79. The monoisotopic (exact) mass is 331 g/mol. The maximum Gasteiger partial charge on any atom is 0.340 e. The van der Waals surface area contributed by atoms with Crippen molar-refractivity contribution in [3.05, 3.63) is 46.7 Å². The summed E-state index contributed by atoms with van der Waals surface area (Å²) in [5.41, 5.74) is 1.97. The molecule has 24 heavy (non-hydrogen) atoms. The highest BCUT2D eigenvalue weighted by atomic mass is 16.5. The van der Waals surface area contributed by atoms with Gasteiger partial charge < -0.3 is 19.1 Å². The summed E-state index contributed by atoms with van der Waals surface area (Å²) in [6.45, 7) is 2.49. The van der Waals surface area contributed by atoms with Crippen molar-refractivity contribution < 1.29 is 23.8 Å². The Kier molecular flexibility index (Phi) is 5.76. The minimum Gasteiger partial charge on any atom is -0.497 e. The van der Waals surface area contributed by atoms with Gasteiger partial charge in [-0.1, -0.05) is 12.1 Å². The van der Waals surface area contributed by atoms with Crippen LogP contribution in [0.2, 0.25) is 0 Å². The number of hydrogen-bond donors (Lipinski definition) is 0. The van der Waals surface area contributed by atoms with Crippen molar-refractivity contribution in [1.82, 2.24) is 4.90 Å². The zero-order valence-corrected chi connectivity index (χ0v) is 14.3. The molecule has 2 rings (SSSR count). The smallest absolute Gasteiger partial charge is 0.340 e. The number of methoxy groups -OCH3 is 3. The summed E-state index contributed by atoms with van der Waals surface area (Å²) < 4.78 is 15.0. The largest absolute Gasteiger partial charge is 0.497 e. The molecule has 6 nitrogen and oxygen atoms in total. The SMILES string of the molecule is COCCN1C(=O)C(=Cc2ccc(OC)cc2)C(C(=O)OC)=C1C. The van der Waals surface area contributed by atoms with Crippen LogP contribution in [0.3, 0.4) is 0 Å². The van der Waals surface area contributed by atoms with Crippen LogP contribution in [-0.4, -0.2) is 51.3 Å².